The maximum Gasteiger partial charge on any atom is 0.178 e. The first-order valence-electron chi connectivity index (χ1n) is 9.53. The van der Waals surface area contributed by atoms with Gasteiger partial charge in [0, 0.05) is 17.9 Å². The molecule has 0 aliphatic heterocycles. The highest BCUT2D eigenvalue weighted by atomic mass is 16.3. The second-order valence-electron chi connectivity index (χ2n) is 8.67. The maximum absolute atomic E-state index is 12.3. The largest absolute Gasteiger partial charge is 0.396 e. The second-order valence-corrected chi connectivity index (χ2v) is 8.67. The lowest BCUT2D eigenvalue weighted by molar-refractivity contribution is -0.130. The van der Waals surface area contributed by atoms with Gasteiger partial charge in [0.25, 0.3) is 0 Å². The number of carbonyl (C=O) groups excluding carboxylic acids is 2. The number of fused-ring (bicyclic) bond motifs is 1. The van der Waals surface area contributed by atoms with Gasteiger partial charge in [-0.05, 0) is 67.9 Å². The summed E-state index contributed by atoms with van der Waals surface area (Å²) in [6.45, 7) is 4.01. The highest BCUT2D eigenvalue weighted by molar-refractivity contribution is 6.01. The molecule has 0 bridgehead atoms. The molecule has 138 valence electrons. The maximum atomic E-state index is 12.3. The van der Waals surface area contributed by atoms with E-state index < -0.39 is 6.61 Å². The van der Waals surface area contributed by atoms with Crippen LogP contribution in [0.3, 0.4) is 0 Å². The van der Waals surface area contributed by atoms with Crippen molar-refractivity contribution in [1.82, 2.24) is 0 Å². The number of allylic oxidation sites excluding steroid dienone is 4. The van der Waals surface area contributed by atoms with Crippen LogP contribution >= 0.6 is 0 Å². The Kier molecular flexibility index (Phi) is 5.04. The van der Waals surface area contributed by atoms with E-state index in [0.717, 1.165) is 32.1 Å². The molecule has 2 saturated carbocycles. The number of carbonyl (C=O) groups is 2. The summed E-state index contributed by atoms with van der Waals surface area (Å²) in [4.78, 5) is 24.0. The molecule has 0 amide bonds. The first kappa shape index (κ1) is 18.5. The summed E-state index contributed by atoms with van der Waals surface area (Å²) < 4.78 is 0. The molecule has 0 aromatic carbocycles. The van der Waals surface area contributed by atoms with E-state index in [0.29, 0.717) is 18.3 Å². The Labute approximate surface area is 150 Å². The first-order valence-corrected chi connectivity index (χ1v) is 9.53. The van der Waals surface area contributed by atoms with E-state index in [-0.39, 0.29) is 34.9 Å². The van der Waals surface area contributed by atoms with Crippen LogP contribution in [0, 0.1) is 28.6 Å². The van der Waals surface area contributed by atoms with Crippen molar-refractivity contribution in [2.45, 2.75) is 52.4 Å². The number of aliphatic hydroxyl groups is 2. The van der Waals surface area contributed by atoms with Crippen LogP contribution in [0.5, 0.6) is 0 Å². The Morgan fingerprint density at radius 2 is 2.00 bits per heavy atom. The van der Waals surface area contributed by atoms with Gasteiger partial charge in [-0.2, -0.15) is 0 Å². The minimum Gasteiger partial charge on any atom is -0.396 e. The number of hydrogen-bond acceptors (Lipinski definition) is 4. The van der Waals surface area contributed by atoms with Crippen molar-refractivity contribution in [2.75, 3.05) is 13.2 Å². The van der Waals surface area contributed by atoms with E-state index in [2.05, 4.69) is 19.9 Å². The third-order valence-corrected chi connectivity index (χ3v) is 7.31. The molecule has 3 rings (SSSR count). The smallest absolute Gasteiger partial charge is 0.178 e. The van der Waals surface area contributed by atoms with Crippen LogP contribution < -0.4 is 0 Å². The third kappa shape index (κ3) is 3.15. The Bertz CT molecular complexity index is 619. The zero-order valence-electron chi connectivity index (χ0n) is 15.3. The van der Waals surface area contributed by atoms with Crippen LogP contribution in [0.15, 0.2) is 23.8 Å². The third-order valence-electron chi connectivity index (χ3n) is 7.31. The van der Waals surface area contributed by atoms with Crippen LogP contribution in [0.1, 0.15) is 52.4 Å². The fourth-order valence-electron chi connectivity index (χ4n) is 5.92. The molecule has 4 nitrogen and oxygen atoms in total. The highest BCUT2D eigenvalue weighted by Gasteiger charge is 2.53. The van der Waals surface area contributed by atoms with E-state index >= 15 is 0 Å². The van der Waals surface area contributed by atoms with Crippen LogP contribution in [0.25, 0.3) is 0 Å². The number of ketones is 2. The molecule has 25 heavy (non-hydrogen) atoms. The van der Waals surface area contributed by atoms with Crippen molar-refractivity contribution in [3.05, 3.63) is 23.8 Å². The Morgan fingerprint density at radius 1 is 1.24 bits per heavy atom. The number of rotatable bonds is 5. The molecule has 0 aromatic rings. The average Bonchev–Trinajstić information content (AvgIpc) is 2.91. The van der Waals surface area contributed by atoms with Gasteiger partial charge in [-0.15, -0.1) is 0 Å². The standard InChI is InChI=1S/C21H30O4/c1-20-8-7-16(24)11-15(20)4-3-14(12-20)17-5-6-18(19(25)13-23)21(17,2)9-10-22/h7-8,11,14,17-18,22-23H,3-6,9-10,12-13H2,1-2H3/t14?,17?,18-,20-,21?/m1/s1. The highest BCUT2D eigenvalue weighted by Crippen LogP contribution is 2.58. The minimum atomic E-state index is -0.404. The van der Waals surface area contributed by atoms with Gasteiger partial charge in [0.1, 0.15) is 6.61 Å². The van der Waals surface area contributed by atoms with Gasteiger partial charge in [-0.25, -0.2) is 0 Å². The minimum absolute atomic E-state index is 0.0595. The molecule has 2 fully saturated rings. The zero-order valence-corrected chi connectivity index (χ0v) is 15.3. The van der Waals surface area contributed by atoms with Crippen molar-refractivity contribution in [3.63, 3.8) is 0 Å². The molecule has 3 unspecified atom stereocenters. The van der Waals surface area contributed by atoms with Crippen molar-refractivity contribution in [3.8, 4) is 0 Å². The average molecular weight is 346 g/mol. The van der Waals surface area contributed by atoms with Gasteiger partial charge >= 0.3 is 0 Å². The zero-order chi connectivity index (χ0) is 18.2. The summed E-state index contributed by atoms with van der Waals surface area (Å²) in [5.41, 5.74) is 0.933. The number of hydrogen-bond donors (Lipinski definition) is 2. The summed E-state index contributed by atoms with van der Waals surface area (Å²) >= 11 is 0. The van der Waals surface area contributed by atoms with Gasteiger partial charge < -0.3 is 10.2 Å². The summed E-state index contributed by atoms with van der Waals surface area (Å²) in [7, 11) is 0. The van der Waals surface area contributed by atoms with Crippen molar-refractivity contribution < 1.29 is 19.8 Å². The second kappa shape index (κ2) is 6.81. The van der Waals surface area contributed by atoms with Crippen molar-refractivity contribution >= 4 is 11.6 Å². The molecular weight excluding hydrogens is 316 g/mol. The molecule has 4 heteroatoms. The quantitative estimate of drug-likeness (QED) is 0.803. The lowest BCUT2D eigenvalue weighted by Gasteiger charge is -2.47. The Morgan fingerprint density at radius 3 is 2.68 bits per heavy atom. The number of Topliss-reactive ketones (excluding diaryl/α,β-unsaturated/α-hetero) is 1. The van der Waals surface area contributed by atoms with Crippen molar-refractivity contribution in [1.29, 1.82) is 0 Å². The summed E-state index contributed by atoms with van der Waals surface area (Å²) in [6, 6.07) is 0. The monoisotopic (exact) mass is 346 g/mol. The van der Waals surface area contributed by atoms with E-state index in [9.17, 15) is 19.8 Å². The predicted molar refractivity (Wildman–Crippen MR) is 95.8 cm³/mol. The van der Waals surface area contributed by atoms with E-state index in [1.807, 2.05) is 0 Å². The fraction of sp³-hybridized carbons (Fsp3) is 0.714. The normalized spacial score (nSPS) is 40.7. The van der Waals surface area contributed by atoms with Crippen LogP contribution in [-0.4, -0.2) is 35.0 Å². The molecule has 0 spiro atoms. The molecule has 0 heterocycles. The molecule has 5 atom stereocenters. The molecule has 2 N–H and O–H groups in total. The van der Waals surface area contributed by atoms with Crippen LogP contribution in [0.2, 0.25) is 0 Å². The first-order chi connectivity index (χ1) is 11.8. The Balaban J connectivity index is 1.84. The molecule has 0 radical (unpaired) electrons. The SMILES string of the molecule is CC1(CCO)C(C2CCC3=CC(=O)C=C[C@]3(C)C2)CC[C@@H]1C(=O)CO. The van der Waals surface area contributed by atoms with Gasteiger partial charge in [0.2, 0.25) is 0 Å². The molecule has 3 aliphatic carbocycles. The summed E-state index contributed by atoms with van der Waals surface area (Å²) in [6.07, 6.45) is 10.9. The molecule has 3 aliphatic rings. The molecule has 0 aromatic heterocycles. The topological polar surface area (TPSA) is 74.6 Å². The lowest BCUT2D eigenvalue weighted by atomic mass is 9.57. The molecular formula is C21H30O4. The lowest BCUT2D eigenvalue weighted by Crippen LogP contribution is -2.41. The van der Waals surface area contributed by atoms with Crippen molar-refractivity contribution in [2.24, 2.45) is 28.6 Å². The van der Waals surface area contributed by atoms with E-state index in [4.69, 9.17) is 0 Å². The van der Waals surface area contributed by atoms with Gasteiger partial charge in [0.15, 0.2) is 11.6 Å². The fourth-order valence-corrected chi connectivity index (χ4v) is 5.92. The van der Waals surface area contributed by atoms with E-state index in [1.54, 1.807) is 12.2 Å². The Hall–Kier alpha value is -1.26. The number of aliphatic hydroxyl groups excluding tert-OH is 2. The molecule has 0 saturated heterocycles. The predicted octanol–water partition coefficient (Wildman–Crippen LogP) is 2.83. The van der Waals surface area contributed by atoms with Crippen LogP contribution in [-0.2, 0) is 9.59 Å². The van der Waals surface area contributed by atoms with Gasteiger partial charge in [0.05, 0.1) is 0 Å². The van der Waals surface area contributed by atoms with Gasteiger partial charge in [-0.1, -0.05) is 25.5 Å². The van der Waals surface area contributed by atoms with Crippen LogP contribution in [0.4, 0.5) is 0 Å². The summed E-state index contributed by atoms with van der Waals surface area (Å²) in [5, 5.41) is 19.0. The summed E-state index contributed by atoms with van der Waals surface area (Å²) in [5.74, 6) is 0.718. The van der Waals surface area contributed by atoms with Gasteiger partial charge in [-0.3, -0.25) is 9.59 Å². The van der Waals surface area contributed by atoms with E-state index in [1.165, 1.54) is 5.57 Å².